The van der Waals surface area contributed by atoms with E-state index in [-0.39, 0.29) is 22.3 Å². The number of nitrogens with one attached hydrogen (secondary N) is 1. The van der Waals surface area contributed by atoms with Crippen molar-refractivity contribution in [3.05, 3.63) is 86.3 Å². The monoisotopic (exact) mass is 620 g/mol. The van der Waals surface area contributed by atoms with Gasteiger partial charge in [-0.05, 0) is 102 Å². The van der Waals surface area contributed by atoms with E-state index in [4.69, 9.17) is 8.92 Å². The Morgan fingerprint density at radius 2 is 1.83 bits per heavy atom. The summed E-state index contributed by atoms with van der Waals surface area (Å²) in [6.45, 7) is 3.97. The van der Waals surface area contributed by atoms with Crippen LogP contribution in [0.2, 0.25) is 0 Å². The number of ether oxygens (including phenoxy) is 1. The topological polar surface area (TPSA) is 94.1 Å². The third-order valence-electron chi connectivity index (χ3n) is 4.76. The zero-order valence-corrected chi connectivity index (χ0v) is 22.6. The summed E-state index contributed by atoms with van der Waals surface area (Å²) in [5.74, 6) is 0.0624. The van der Waals surface area contributed by atoms with Crippen molar-refractivity contribution in [3.8, 4) is 11.5 Å². The normalized spacial score (nSPS) is 15.9. The molecule has 0 radical (unpaired) electrons. The number of aryl methyl sites for hydroxylation is 1. The van der Waals surface area contributed by atoms with Crippen LogP contribution in [0.4, 0.5) is 5.69 Å². The van der Waals surface area contributed by atoms with Gasteiger partial charge in [0.2, 0.25) is 0 Å². The molecule has 3 aromatic rings. The standard InChI is InChI=1S/C25H21IN2O5S2/c1-3-32-22-13-17(9-12-21(22)33-35(30,31)20-10-7-16(2)8-11-20)14-23-24(29)28-25(34-23)27-19-6-4-5-18(26)15-19/h4-15H,3H2,1-2H3,(H,27,28,29)/b23-14+. The van der Waals surface area contributed by atoms with E-state index in [1.807, 2.05) is 31.2 Å². The fraction of sp³-hybridized carbons (Fsp3) is 0.120. The molecule has 1 heterocycles. The largest absolute Gasteiger partial charge is 0.490 e. The van der Waals surface area contributed by atoms with Gasteiger partial charge in [0.05, 0.1) is 17.2 Å². The van der Waals surface area contributed by atoms with E-state index in [0.717, 1.165) is 14.8 Å². The first-order valence-corrected chi connectivity index (χ1v) is 13.9. The molecule has 1 aliphatic rings. The molecule has 7 nitrogen and oxygen atoms in total. The molecule has 10 heteroatoms. The van der Waals surface area contributed by atoms with Gasteiger partial charge in [-0.3, -0.25) is 4.79 Å². The Morgan fingerprint density at radius 1 is 1.06 bits per heavy atom. The van der Waals surface area contributed by atoms with Crippen molar-refractivity contribution in [2.75, 3.05) is 6.61 Å². The quantitative estimate of drug-likeness (QED) is 0.208. The number of aliphatic imine (C=N–C) groups is 1. The zero-order valence-electron chi connectivity index (χ0n) is 18.8. The molecule has 0 unspecified atom stereocenters. The van der Waals surface area contributed by atoms with Gasteiger partial charge in [-0.25, -0.2) is 4.99 Å². The maximum Gasteiger partial charge on any atom is 0.339 e. The van der Waals surface area contributed by atoms with Crippen molar-refractivity contribution < 1.29 is 22.1 Å². The SMILES string of the molecule is CCOc1cc(/C=C2/SC(=Nc3cccc(I)c3)NC2=O)ccc1OS(=O)(=O)c1ccc(C)cc1. The first-order valence-electron chi connectivity index (χ1n) is 10.6. The average molecular weight is 620 g/mol. The summed E-state index contributed by atoms with van der Waals surface area (Å²) in [6, 6.07) is 18.9. The summed E-state index contributed by atoms with van der Waals surface area (Å²) < 4.78 is 37.5. The third kappa shape index (κ3) is 6.44. The highest BCUT2D eigenvalue weighted by Gasteiger charge is 2.24. The predicted molar refractivity (Wildman–Crippen MR) is 147 cm³/mol. The molecule has 4 rings (SSSR count). The van der Waals surface area contributed by atoms with Crippen molar-refractivity contribution in [1.82, 2.24) is 5.32 Å². The number of amides is 1. The Kier molecular flexibility index (Phi) is 7.82. The zero-order chi connectivity index (χ0) is 25.0. The van der Waals surface area contributed by atoms with Crippen molar-refractivity contribution in [2.24, 2.45) is 4.99 Å². The lowest BCUT2D eigenvalue weighted by Crippen LogP contribution is -2.19. The molecule has 1 N–H and O–H groups in total. The molecular formula is C25H21IN2O5S2. The molecule has 3 aromatic carbocycles. The molecule has 0 aliphatic carbocycles. The number of hydrogen-bond donors (Lipinski definition) is 1. The van der Waals surface area contributed by atoms with Crippen LogP contribution >= 0.6 is 34.4 Å². The summed E-state index contributed by atoms with van der Waals surface area (Å²) in [5.41, 5.74) is 2.34. The van der Waals surface area contributed by atoms with Gasteiger partial charge in [0.1, 0.15) is 4.90 Å². The molecule has 0 atom stereocenters. The second-order valence-corrected chi connectivity index (χ2v) is 11.3. The van der Waals surface area contributed by atoms with Crippen LogP contribution < -0.4 is 14.2 Å². The summed E-state index contributed by atoms with van der Waals surface area (Å²) in [5, 5.41) is 3.25. The number of benzene rings is 3. The Balaban J connectivity index is 1.57. The Labute approximate surface area is 221 Å². The van der Waals surface area contributed by atoms with Crippen LogP contribution in [0, 0.1) is 10.5 Å². The van der Waals surface area contributed by atoms with Crippen molar-refractivity contribution in [3.63, 3.8) is 0 Å². The van der Waals surface area contributed by atoms with Crippen LogP contribution in [-0.4, -0.2) is 26.1 Å². The fourth-order valence-corrected chi connectivity index (χ4v) is 5.43. The van der Waals surface area contributed by atoms with Crippen LogP contribution in [0.15, 0.2) is 81.5 Å². The number of carbonyl (C=O) groups is 1. The molecule has 1 fully saturated rings. The highest BCUT2D eigenvalue weighted by atomic mass is 127. The van der Waals surface area contributed by atoms with Gasteiger partial charge in [-0.15, -0.1) is 0 Å². The smallest absolute Gasteiger partial charge is 0.339 e. The van der Waals surface area contributed by atoms with E-state index in [2.05, 4.69) is 32.9 Å². The number of halogens is 1. The molecule has 180 valence electrons. The molecule has 0 spiro atoms. The van der Waals surface area contributed by atoms with E-state index in [1.165, 1.54) is 30.0 Å². The molecular weight excluding hydrogens is 599 g/mol. The predicted octanol–water partition coefficient (Wildman–Crippen LogP) is 5.66. The number of carbonyl (C=O) groups excluding carboxylic acids is 1. The minimum absolute atomic E-state index is 0.0516. The van der Waals surface area contributed by atoms with Crippen molar-refractivity contribution in [1.29, 1.82) is 0 Å². The Morgan fingerprint density at radius 3 is 2.54 bits per heavy atom. The molecule has 1 aliphatic heterocycles. The number of hydrogen-bond acceptors (Lipinski definition) is 7. The van der Waals surface area contributed by atoms with E-state index in [0.29, 0.717) is 22.2 Å². The van der Waals surface area contributed by atoms with Crippen LogP contribution in [0.3, 0.4) is 0 Å². The molecule has 35 heavy (non-hydrogen) atoms. The molecule has 1 amide bonds. The van der Waals surface area contributed by atoms with Crippen molar-refractivity contribution in [2.45, 2.75) is 18.7 Å². The molecule has 1 saturated heterocycles. The third-order valence-corrected chi connectivity index (χ3v) is 7.59. The first kappa shape index (κ1) is 25.3. The second kappa shape index (κ2) is 10.8. The van der Waals surface area contributed by atoms with E-state index < -0.39 is 10.1 Å². The molecule has 0 aromatic heterocycles. The van der Waals surface area contributed by atoms with E-state index >= 15 is 0 Å². The highest BCUT2D eigenvalue weighted by Crippen LogP contribution is 2.34. The summed E-state index contributed by atoms with van der Waals surface area (Å²) in [6.07, 6.45) is 1.69. The maximum atomic E-state index is 12.7. The number of nitrogens with zero attached hydrogens (tertiary/aromatic N) is 1. The van der Waals surface area contributed by atoms with Gasteiger partial charge in [-0.1, -0.05) is 29.8 Å². The van der Waals surface area contributed by atoms with Gasteiger partial charge in [0.25, 0.3) is 5.91 Å². The Hall–Kier alpha value is -2.83. The second-order valence-electron chi connectivity index (χ2n) is 7.45. The average Bonchev–Trinajstić information content (AvgIpc) is 3.14. The Bertz CT molecular complexity index is 1430. The van der Waals surface area contributed by atoms with E-state index in [1.54, 1.807) is 37.3 Å². The minimum atomic E-state index is -4.03. The summed E-state index contributed by atoms with van der Waals surface area (Å²) >= 11 is 3.43. The van der Waals surface area contributed by atoms with Crippen LogP contribution in [-0.2, 0) is 14.9 Å². The lowest BCUT2D eigenvalue weighted by atomic mass is 10.2. The number of thioether (sulfide) groups is 1. The van der Waals surface area contributed by atoms with E-state index in [9.17, 15) is 13.2 Å². The van der Waals surface area contributed by atoms with Crippen LogP contribution in [0.25, 0.3) is 6.08 Å². The lowest BCUT2D eigenvalue weighted by molar-refractivity contribution is -0.115. The van der Waals surface area contributed by atoms with Gasteiger partial charge < -0.3 is 14.2 Å². The summed E-state index contributed by atoms with van der Waals surface area (Å²) in [7, 11) is -4.03. The minimum Gasteiger partial charge on any atom is -0.490 e. The van der Waals surface area contributed by atoms with Gasteiger partial charge >= 0.3 is 10.1 Å². The lowest BCUT2D eigenvalue weighted by Gasteiger charge is -2.13. The highest BCUT2D eigenvalue weighted by molar-refractivity contribution is 14.1. The van der Waals surface area contributed by atoms with Crippen LogP contribution in [0.1, 0.15) is 18.1 Å². The molecule has 0 saturated carbocycles. The van der Waals surface area contributed by atoms with Crippen LogP contribution in [0.5, 0.6) is 11.5 Å². The first-order chi connectivity index (χ1) is 16.7. The van der Waals surface area contributed by atoms with Gasteiger partial charge in [0.15, 0.2) is 16.7 Å². The van der Waals surface area contributed by atoms with Gasteiger partial charge in [-0.2, -0.15) is 8.42 Å². The fourth-order valence-electron chi connectivity index (χ4n) is 3.12. The van der Waals surface area contributed by atoms with Crippen molar-refractivity contribution >= 4 is 67.3 Å². The molecule has 0 bridgehead atoms. The number of amidine groups is 1. The van der Waals surface area contributed by atoms with Gasteiger partial charge in [0, 0.05) is 3.57 Å². The number of rotatable bonds is 7. The maximum absolute atomic E-state index is 12.7. The summed E-state index contributed by atoms with van der Waals surface area (Å²) in [4.78, 5) is 17.5.